The summed E-state index contributed by atoms with van der Waals surface area (Å²) in [5, 5.41) is 0. The Morgan fingerprint density at radius 2 is 1.67 bits per heavy atom. The molecule has 1 saturated heterocycles. The third-order valence-electron chi connectivity index (χ3n) is 2.72. The number of hydrogen-bond donors (Lipinski definition) is 1. The van der Waals surface area contributed by atoms with Crippen molar-refractivity contribution < 1.29 is 0 Å². The first-order valence-electron chi connectivity index (χ1n) is 5.11. The lowest BCUT2D eigenvalue weighted by atomic mass is 10.2. The molecule has 1 aliphatic rings. The number of nitrogens with two attached hydrogens (primary N) is 1. The van der Waals surface area contributed by atoms with E-state index in [2.05, 4.69) is 23.1 Å². The zero-order valence-electron chi connectivity index (χ0n) is 8.69. The van der Waals surface area contributed by atoms with Gasteiger partial charge in [0, 0.05) is 43.6 Å². The van der Waals surface area contributed by atoms with Crippen LogP contribution in [0.4, 0.5) is 11.4 Å². The molecule has 1 aliphatic heterocycles. The fourth-order valence-corrected chi connectivity index (χ4v) is 1.78. The van der Waals surface area contributed by atoms with Gasteiger partial charge in [-0.15, -0.1) is 0 Å². The summed E-state index contributed by atoms with van der Waals surface area (Å²) in [6, 6.07) is 10.7. The standard InChI is InChI=1S/C12H15N3/c1-2-14-7-9-15(10-8-14)12-5-3-11(13)4-6-12/h1,3-6H,7-10,13H2. The highest BCUT2D eigenvalue weighted by molar-refractivity contribution is 5.53. The van der Waals surface area contributed by atoms with E-state index >= 15 is 0 Å². The van der Waals surface area contributed by atoms with Gasteiger partial charge >= 0.3 is 0 Å². The quantitative estimate of drug-likeness (QED) is 0.543. The Bertz CT molecular complexity index is 355. The molecule has 0 aliphatic carbocycles. The second-order valence-electron chi connectivity index (χ2n) is 3.69. The molecule has 15 heavy (non-hydrogen) atoms. The maximum absolute atomic E-state index is 5.65. The predicted octanol–water partition coefficient (Wildman–Crippen LogP) is 0.982. The second-order valence-corrected chi connectivity index (χ2v) is 3.69. The average molecular weight is 201 g/mol. The van der Waals surface area contributed by atoms with Gasteiger partial charge in [-0.1, -0.05) is 6.42 Å². The summed E-state index contributed by atoms with van der Waals surface area (Å²) < 4.78 is 0. The molecule has 1 aromatic rings. The van der Waals surface area contributed by atoms with E-state index in [4.69, 9.17) is 12.2 Å². The molecular weight excluding hydrogens is 186 g/mol. The summed E-state index contributed by atoms with van der Waals surface area (Å²) >= 11 is 0. The van der Waals surface area contributed by atoms with Gasteiger partial charge < -0.3 is 15.5 Å². The lowest BCUT2D eigenvalue weighted by Crippen LogP contribution is -2.44. The normalized spacial score (nSPS) is 16.2. The van der Waals surface area contributed by atoms with Gasteiger partial charge in [0.25, 0.3) is 0 Å². The van der Waals surface area contributed by atoms with Gasteiger partial charge in [-0.25, -0.2) is 0 Å². The van der Waals surface area contributed by atoms with Crippen LogP contribution in [0.25, 0.3) is 0 Å². The number of nitrogens with zero attached hydrogens (tertiary/aromatic N) is 2. The highest BCUT2D eigenvalue weighted by Gasteiger charge is 2.14. The van der Waals surface area contributed by atoms with E-state index in [1.807, 2.05) is 17.0 Å². The average Bonchev–Trinajstić information content (AvgIpc) is 2.30. The number of hydrogen-bond acceptors (Lipinski definition) is 3. The van der Waals surface area contributed by atoms with E-state index in [1.54, 1.807) is 0 Å². The highest BCUT2D eigenvalue weighted by atomic mass is 15.2. The molecule has 1 heterocycles. The van der Waals surface area contributed by atoms with Crippen LogP contribution in [-0.4, -0.2) is 31.1 Å². The van der Waals surface area contributed by atoms with Crippen molar-refractivity contribution in [2.24, 2.45) is 0 Å². The Hall–Kier alpha value is -1.82. The SMILES string of the molecule is C#CN1CCN(c2ccc(N)cc2)CC1. The number of benzene rings is 1. The molecule has 0 saturated carbocycles. The number of piperazine rings is 1. The van der Waals surface area contributed by atoms with Crippen molar-refractivity contribution in [1.29, 1.82) is 0 Å². The van der Waals surface area contributed by atoms with Crippen LogP contribution >= 0.6 is 0 Å². The van der Waals surface area contributed by atoms with E-state index in [0.717, 1.165) is 31.9 Å². The molecular formula is C12H15N3. The molecule has 78 valence electrons. The van der Waals surface area contributed by atoms with Gasteiger partial charge in [-0.2, -0.15) is 0 Å². The van der Waals surface area contributed by atoms with Crippen LogP contribution in [-0.2, 0) is 0 Å². The Morgan fingerprint density at radius 3 is 2.20 bits per heavy atom. The van der Waals surface area contributed by atoms with Crippen LogP contribution in [0.15, 0.2) is 24.3 Å². The maximum Gasteiger partial charge on any atom is 0.0437 e. The van der Waals surface area contributed by atoms with Gasteiger partial charge in [-0.05, 0) is 24.3 Å². The predicted molar refractivity (Wildman–Crippen MR) is 63.5 cm³/mol. The van der Waals surface area contributed by atoms with Crippen LogP contribution < -0.4 is 10.6 Å². The van der Waals surface area contributed by atoms with Crippen molar-refractivity contribution in [3.8, 4) is 12.5 Å². The van der Waals surface area contributed by atoms with Crippen molar-refractivity contribution in [2.45, 2.75) is 0 Å². The van der Waals surface area contributed by atoms with Gasteiger partial charge in [0.1, 0.15) is 0 Å². The summed E-state index contributed by atoms with van der Waals surface area (Å²) in [4.78, 5) is 4.33. The Kier molecular flexibility index (Phi) is 2.68. The van der Waals surface area contributed by atoms with Gasteiger partial charge in [0.05, 0.1) is 0 Å². The number of anilines is 2. The minimum atomic E-state index is 0.806. The topological polar surface area (TPSA) is 32.5 Å². The van der Waals surface area contributed by atoms with Crippen LogP contribution in [0.3, 0.4) is 0 Å². The molecule has 0 radical (unpaired) electrons. The monoisotopic (exact) mass is 201 g/mol. The highest BCUT2D eigenvalue weighted by Crippen LogP contribution is 2.17. The smallest absolute Gasteiger partial charge is 0.0437 e. The molecule has 0 amide bonds. The maximum atomic E-state index is 5.65. The van der Waals surface area contributed by atoms with E-state index < -0.39 is 0 Å². The molecule has 0 spiro atoms. The molecule has 1 fully saturated rings. The van der Waals surface area contributed by atoms with Crippen LogP contribution in [0, 0.1) is 12.5 Å². The van der Waals surface area contributed by atoms with Crippen molar-refractivity contribution >= 4 is 11.4 Å². The fraction of sp³-hybridized carbons (Fsp3) is 0.333. The van der Waals surface area contributed by atoms with E-state index in [9.17, 15) is 0 Å². The molecule has 0 atom stereocenters. The lowest BCUT2D eigenvalue weighted by Gasteiger charge is -2.34. The molecule has 3 heteroatoms. The van der Waals surface area contributed by atoms with Crippen LogP contribution in [0.5, 0.6) is 0 Å². The third kappa shape index (κ3) is 2.16. The Labute approximate surface area is 90.5 Å². The molecule has 0 aromatic heterocycles. The molecule has 2 rings (SSSR count). The van der Waals surface area contributed by atoms with Gasteiger partial charge in [0.15, 0.2) is 0 Å². The summed E-state index contributed by atoms with van der Waals surface area (Å²) in [5.74, 6) is 0. The summed E-state index contributed by atoms with van der Waals surface area (Å²) in [6.07, 6.45) is 5.35. The van der Waals surface area contributed by atoms with Crippen molar-refractivity contribution in [3.05, 3.63) is 24.3 Å². The third-order valence-corrected chi connectivity index (χ3v) is 2.72. The largest absolute Gasteiger partial charge is 0.399 e. The molecule has 3 nitrogen and oxygen atoms in total. The van der Waals surface area contributed by atoms with Crippen molar-refractivity contribution in [3.63, 3.8) is 0 Å². The minimum absolute atomic E-state index is 0.806. The number of nitrogen functional groups attached to an aromatic ring is 1. The van der Waals surface area contributed by atoms with Gasteiger partial charge in [-0.3, -0.25) is 0 Å². The van der Waals surface area contributed by atoms with E-state index in [1.165, 1.54) is 5.69 Å². The van der Waals surface area contributed by atoms with E-state index in [-0.39, 0.29) is 0 Å². The van der Waals surface area contributed by atoms with Crippen LogP contribution in [0.2, 0.25) is 0 Å². The molecule has 2 N–H and O–H groups in total. The number of rotatable bonds is 1. The van der Waals surface area contributed by atoms with Crippen molar-refractivity contribution in [1.82, 2.24) is 4.90 Å². The van der Waals surface area contributed by atoms with Crippen LogP contribution in [0.1, 0.15) is 0 Å². The fourth-order valence-electron chi connectivity index (χ4n) is 1.78. The van der Waals surface area contributed by atoms with E-state index in [0.29, 0.717) is 0 Å². The summed E-state index contributed by atoms with van der Waals surface area (Å²) in [7, 11) is 0. The number of terminal acetylenes is 1. The minimum Gasteiger partial charge on any atom is -0.399 e. The Balaban J connectivity index is 2.02. The lowest BCUT2D eigenvalue weighted by molar-refractivity contribution is 0.369. The first kappa shape index (κ1) is 9.72. The second kappa shape index (κ2) is 4.14. The van der Waals surface area contributed by atoms with Gasteiger partial charge in [0.2, 0.25) is 0 Å². The molecule has 0 unspecified atom stereocenters. The Morgan fingerprint density at radius 1 is 1.07 bits per heavy atom. The molecule has 1 aromatic carbocycles. The molecule has 0 bridgehead atoms. The first-order valence-corrected chi connectivity index (χ1v) is 5.11. The zero-order chi connectivity index (χ0) is 10.7. The summed E-state index contributed by atoms with van der Waals surface area (Å²) in [5.41, 5.74) is 7.68. The summed E-state index contributed by atoms with van der Waals surface area (Å²) in [6.45, 7) is 3.82. The zero-order valence-corrected chi connectivity index (χ0v) is 8.69. The first-order chi connectivity index (χ1) is 7.29. The van der Waals surface area contributed by atoms with Crippen molar-refractivity contribution in [2.75, 3.05) is 36.8 Å².